The van der Waals surface area contributed by atoms with Crippen LogP contribution < -0.4 is 5.73 Å². The molecule has 0 saturated carbocycles. The van der Waals surface area contributed by atoms with Crippen LogP contribution in [0.1, 0.15) is 26.7 Å². The van der Waals surface area contributed by atoms with Crippen LogP contribution >= 0.6 is 0 Å². The molecule has 0 aromatic carbocycles. The minimum atomic E-state index is -0.900. The first-order chi connectivity index (χ1) is 7.67. The van der Waals surface area contributed by atoms with Crippen molar-refractivity contribution in [1.82, 2.24) is 0 Å². The van der Waals surface area contributed by atoms with Gasteiger partial charge in [0, 0.05) is 5.92 Å². The summed E-state index contributed by atoms with van der Waals surface area (Å²) in [6.45, 7) is 4.14. The van der Waals surface area contributed by atoms with Gasteiger partial charge >= 0.3 is 0 Å². The van der Waals surface area contributed by atoms with E-state index in [1.165, 1.54) is 0 Å². The Hall–Kier alpha value is -1.88. The molecule has 1 heterocycles. The lowest BCUT2D eigenvalue weighted by atomic mass is 10.0. The highest BCUT2D eigenvalue weighted by atomic mass is 15.1. The molecule has 0 saturated heterocycles. The Balaban J connectivity index is 2.93. The SMILES string of the molecule is CCC(CC)[C@H]1N=C(N)C(C(C#N)C#N)=N1. The van der Waals surface area contributed by atoms with Crippen molar-refractivity contribution in [3.8, 4) is 12.1 Å². The van der Waals surface area contributed by atoms with Crippen molar-refractivity contribution >= 4 is 11.5 Å². The van der Waals surface area contributed by atoms with Crippen LogP contribution in [0.3, 0.4) is 0 Å². The first kappa shape index (κ1) is 12.2. The Morgan fingerprint density at radius 3 is 2.25 bits per heavy atom. The third-order valence-corrected chi connectivity index (χ3v) is 2.81. The Morgan fingerprint density at radius 1 is 1.25 bits per heavy atom. The van der Waals surface area contributed by atoms with E-state index >= 15 is 0 Å². The van der Waals surface area contributed by atoms with Crippen LogP contribution in [0.25, 0.3) is 0 Å². The van der Waals surface area contributed by atoms with Crippen molar-refractivity contribution in [2.75, 3.05) is 0 Å². The summed E-state index contributed by atoms with van der Waals surface area (Å²) in [5.41, 5.74) is 6.02. The molecule has 5 heteroatoms. The van der Waals surface area contributed by atoms with E-state index in [1.54, 1.807) is 0 Å². The number of aliphatic imine (C=N–C) groups is 2. The van der Waals surface area contributed by atoms with E-state index < -0.39 is 5.92 Å². The lowest BCUT2D eigenvalue weighted by Gasteiger charge is -2.14. The molecular weight excluding hydrogens is 202 g/mol. The molecule has 84 valence electrons. The second-order valence-electron chi connectivity index (χ2n) is 3.71. The molecule has 1 atom stereocenters. The van der Waals surface area contributed by atoms with E-state index in [0.29, 0.717) is 11.6 Å². The van der Waals surface area contributed by atoms with Gasteiger partial charge < -0.3 is 5.73 Å². The summed E-state index contributed by atoms with van der Waals surface area (Å²) < 4.78 is 0. The summed E-state index contributed by atoms with van der Waals surface area (Å²) >= 11 is 0. The summed E-state index contributed by atoms with van der Waals surface area (Å²) in [6, 6.07) is 3.73. The van der Waals surface area contributed by atoms with E-state index in [9.17, 15) is 0 Å². The number of nitrogens with two attached hydrogens (primary N) is 1. The highest BCUT2D eigenvalue weighted by Crippen LogP contribution is 2.22. The maximum absolute atomic E-state index is 8.78. The van der Waals surface area contributed by atoms with Gasteiger partial charge in [-0.15, -0.1) is 0 Å². The predicted octanol–water partition coefficient (Wildman–Crippen LogP) is 1.22. The third-order valence-electron chi connectivity index (χ3n) is 2.81. The summed E-state index contributed by atoms with van der Waals surface area (Å²) in [5.74, 6) is -0.331. The molecule has 16 heavy (non-hydrogen) atoms. The molecule has 0 bridgehead atoms. The van der Waals surface area contributed by atoms with Gasteiger partial charge in [0.2, 0.25) is 0 Å². The summed E-state index contributed by atoms with van der Waals surface area (Å²) in [5, 5.41) is 17.6. The molecule has 0 spiro atoms. The average Bonchev–Trinajstić information content (AvgIpc) is 2.65. The van der Waals surface area contributed by atoms with Crippen molar-refractivity contribution in [1.29, 1.82) is 10.5 Å². The topological polar surface area (TPSA) is 98.3 Å². The van der Waals surface area contributed by atoms with Gasteiger partial charge in [-0.05, 0) is 12.8 Å². The molecular formula is C11H15N5. The van der Waals surface area contributed by atoms with Crippen LogP contribution in [0.15, 0.2) is 9.98 Å². The highest BCUT2D eigenvalue weighted by molar-refractivity contribution is 6.43. The van der Waals surface area contributed by atoms with Crippen molar-refractivity contribution < 1.29 is 0 Å². The zero-order valence-electron chi connectivity index (χ0n) is 9.51. The van der Waals surface area contributed by atoms with Crippen molar-refractivity contribution in [2.45, 2.75) is 32.9 Å². The smallest absolute Gasteiger partial charge is 0.178 e. The lowest BCUT2D eigenvalue weighted by Crippen LogP contribution is -2.26. The molecule has 0 fully saturated rings. The fourth-order valence-corrected chi connectivity index (χ4v) is 1.74. The minimum Gasteiger partial charge on any atom is -0.382 e. The van der Waals surface area contributed by atoms with E-state index in [0.717, 1.165) is 12.8 Å². The van der Waals surface area contributed by atoms with Gasteiger partial charge in [-0.1, -0.05) is 13.8 Å². The highest BCUT2D eigenvalue weighted by Gasteiger charge is 2.29. The van der Waals surface area contributed by atoms with Crippen molar-refractivity contribution in [2.24, 2.45) is 27.6 Å². The Kier molecular flexibility index (Phi) is 4.02. The van der Waals surface area contributed by atoms with Gasteiger partial charge in [-0.2, -0.15) is 10.5 Å². The molecule has 0 aromatic rings. The second kappa shape index (κ2) is 5.27. The lowest BCUT2D eigenvalue weighted by molar-refractivity contribution is 0.412. The largest absolute Gasteiger partial charge is 0.382 e. The van der Waals surface area contributed by atoms with Crippen LogP contribution in [0, 0.1) is 34.5 Å². The average molecular weight is 217 g/mol. The number of hydrogen-bond donors (Lipinski definition) is 1. The normalized spacial score (nSPS) is 19.2. The Labute approximate surface area is 95.3 Å². The Bertz CT molecular complexity index is 378. The standard InChI is InChI=1S/C11H15N5/c1-3-7(4-2)11-15-9(10(14)16-11)8(5-12)6-13/h7-8,11H,3-4H2,1-2H3,(H2,14,16)/t11-/m1/s1. The maximum Gasteiger partial charge on any atom is 0.178 e. The number of nitriles is 2. The van der Waals surface area contributed by atoms with Crippen LogP contribution in [-0.2, 0) is 0 Å². The quantitative estimate of drug-likeness (QED) is 0.766. The monoisotopic (exact) mass is 217 g/mol. The minimum absolute atomic E-state index is 0.214. The van der Waals surface area contributed by atoms with Crippen molar-refractivity contribution in [3.63, 3.8) is 0 Å². The van der Waals surface area contributed by atoms with Crippen LogP contribution in [0.4, 0.5) is 0 Å². The fraction of sp³-hybridized carbons (Fsp3) is 0.636. The molecule has 1 aliphatic rings. The van der Waals surface area contributed by atoms with Crippen LogP contribution in [0.2, 0.25) is 0 Å². The molecule has 0 aromatic heterocycles. The third kappa shape index (κ3) is 2.20. The molecule has 0 aliphatic carbocycles. The van der Waals surface area contributed by atoms with Gasteiger partial charge in [0.25, 0.3) is 0 Å². The van der Waals surface area contributed by atoms with E-state index in [-0.39, 0.29) is 12.0 Å². The number of rotatable bonds is 4. The van der Waals surface area contributed by atoms with Gasteiger partial charge in [-0.3, -0.25) is 4.99 Å². The molecule has 0 unspecified atom stereocenters. The van der Waals surface area contributed by atoms with Crippen LogP contribution in [0.5, 0.6) is 0 Å². The Morgan fingerprint density at radius 2 is 1.81 bits per heavy atom. The first-order valence-electron chi connectivity index (χ1n) is 5.38. The molecule has 1 aliphatic heterocycles. The van der Waals surface area contributed by atoms with E-state index in [4.69, 9.17) is 16.3 Å². The van der Waals surface area contributed by atoms with Crippen molar-refractivity contribution in [3.05, 3.63) is 0 Å². The first-order valence-corrected chi connectivity index (χ1v) is 5.38. The van der Waals surface area contributed by atoms with Crippen LogP contribution in [-0.4, -0.2) is 17.7 Å². The van der Waals surface area contributed by atoms with Gasteiger partial charge in [0.15, 0.2) is 5.92 Å². The summed E-state index contributed by atoms with van der Waals surface area (Å²) in [7, 11) is 0. The predicted molar refractivity (Wildman–Crippen MR) is 61.6 cm³/mol. The molecule has 5 nitrogen and oxygen atoms in total. The maximum atomic E-state index is 8.78. The van der Waals surface area contributed by atoms with E-state index in [1.807, 2.05) is 12.1 Å². The fourth-order valence-electron chi connectivity index (χ4n) is 1.74. The molecule has 0 amide bonds. The zero-order valence-corrected chi connectivity index (χ0v) is 9.51. The zero-order chi connectivity index (χ0) is 12.1. The number of hydrogen-bond acceptors (Lipinski definition) is 5. The van der Waals surface area contributed by atoms with Gasteiger partial charge in [-0.25, -0.2) is 4.99 Å². The summed E-state index contributed by atoms with van der Waals surface area (Å²) in [6.07, 6.45) is 1.70. The van der Waals surface area contributed by atoms with Gasteiger partial charge in [0.1, 0.15) is 17.7 Å². The number of amidine groups is 1. The number of nitrogens with zero attached hydrogens (tertiary/aromatic N) is 4. The van der Waals surface area contributed by atoms with E-state index in [2.05, 4.69) is 23.8 Å². The summed E-state index contributed by atoms with van der Waals surface area (Å²) in [4.78, 5) is 8.51. The molecule has 0 radical (unpaired) electrons. The molecule has 2 N–H and O–H groups in total. The second-order valence-corrected chi connectivity index (χ2v) is 3.71. The van der Waals surface area contributed by atoms with Gasteiger partial charge in [0.05, 0.1) is 12.1 Å². The molecule has 1 rings (SSSR count).